The number of hydrogen-bond donors (Lipinski definition) is 1. The van der Waals surface area contributed by atoms with Crippen LogP contribution in [0.15, 0.2) is 23.3 Å². The molecule has 2 aliphatic heterocycles. The number of piperazine rings is 1. The highest BCUT2D eigenvalue weighted by Crippen LogP contribution is 2.17. The molecule has 8 nitrogen and oxygen atoms in total. The number of guanidine groups is 1. The lowest BCUT2D eigenvalue weighted by Gasteiger charge is -2.35. The summed E-state index contributed by atoms with van der Waals surface area (Å²) in [6.45, 7) is 10.7. The van der Waals surface area contributed by atoms with Gasteiger partial charge >= 0.3 is 6.09 Å². The molecule has 0 atom stereocenters. The Bertz CT molecular complexity index is 649. The number of carbonyl (C=O) groups is 1. The number of aromatic nitrogens is 1. The summed E-state index contributed by atoms with van der Waals surface area (Å²) in [6, 6.07) is 4.22. The van der Waals surface area contributed by atoms with E-state index in [1.165, 1.54) is 12.8 Å². The van der Waals surface area contributed by atoms with Crippen molar-refractivity contribution in [2.45, 2.75) is 33.2 Å². The van der Waals surface area contributed by atoms with Crippen LogP contribution >= 0.6 is 0 Å². The van der Waals surface area contributed by atoms with Gasteiger partial charge in [-0.1, -0.05) is 6.07 Å². The molecule has 1 aromatic rings. The number of pyridine rings is 1. The van der Waals surface area contributed by atoms with E-state index >= 15 is 0 Å². The summed E-state index contributed by atoms with van der Waals surface area (Å²) in [6.07, 6.45) is 4.21. The van der Waals surface area contributed by atoms with Crippen molar-refractivity contribution in [1.29, 1.82) is 0 Å². The second-order valence-electron chi connectivity index (χ2n) is 7.06. The van der Waals surface area contributed by atoms with Crippen molar-refractivity contribution in [1.82, 2.24) is 20.1 Å². The first kappa shape index (κ1) is 20.2. The Kier molecular flexibility index (Phi) is 7.33. The van der Waals surface area contributed by atoms with Gasteiger partial charge < -0.3 is 24.8 Å². The van der Waals surface area contributed by atoms with Crippen LogP contribution in [-0.4, -0.2) is 79.3 Å². The van der Waals surface area contributed by atoms with Crippen molar-refractivity contribution in [2.75, 3.05) is 57.3 Å². The molecule has 0 bridgehead atoms. The van der Waals surface area contributed by atoms with Crippen LogP contribution in [0.1, 0.15) is 32.3 Å². The Balaban J connectivity index is 1.56. The van der Waals surface area contributed by atoms with Gasteiger partial charge in [-0.3, -0.25) is 0 Å². The molecule has 2 saturated heterocycles. The highest BCUT2D eigenvalue weighted by molar-refractivity contribution is 5.80. The van der Waals surface area contributed by atoms with Gasteiger partial charge in [0.2, 0.25) is 0 Å². The predicted octanol–water partition coefficient (Wildman–Crippen LogP) is 1.92. The molecule has 2 fully saturated rings. The fourth-order valence-corrected chi connectivity index (χ4v) is 3.55. The number of carbonyl (C=O) groups excluding carboxylic acids is 1. The summed E-state index contributed by atoms with van der Waals surface area (Å²) in [4.78, 5) is 27.5. The van der Waals surface area contributed by atoms with E-state index < -0.39 is 0 Å². The van der Waals surface area contributed by atoms with Gasteiger partial charge in [0.1, 0.15) is 5.82 Å². The number of amides is 1. The first-order valence-corrected chi connectivity index (χ1v) is 10.4. The van der Waals surface area contributed by atoms with E-state index in [1.807, 2.05) is 13.1 Å². The first-order chi connectivity index (χ1) is 13.7. The van der Waals surface area contributed by atoms with Crippen molar-refractivity contribution in [3.05, 3.63) is 23.9 Å². The van der Waals surface area contributed by atoms with Crippen molar-refractivity contribution in [3.8, 4) is 0 Å². The molecule has 1 amide bonds. The quantitative estimate of drug-likeness (QED) is 0.614. The lowest BCUT2D eigenvalue weighted by molar-refractivity contribution is 0.0914. The molecular formula is C20H32N6O2. The number of nitrogens with zero attached hydrogens (tertiary/aromatic N) is 5. The van der Waals surface area contributed by atoms with Gasteiger partial charge in [-0.25, -0.2) is 14.8 Å². The van der Waals surface area contributed by atoms with Crippen LogP contribution < -0.4 is 10.2 Å². The number of ether oxygens (including phenoxy) is 1. The molecule has 0 aliphatic carbocycles. The minimum absolute atomic E-state index is 0.228. The Morgan fingerprint density at radius 1 is 1.11 bits per heavy atom. The smallest absolute Gasteiger partial charge is 0.409 e. The van der Waals surface area contributed by atoms with Crippen LogP contribution in [0.3, 0.4) is 0 Å². The molecule has 154 valence electrons. The molecule has 3 rings (SSSR count). The molecular weight excluding hydrogens is 356 g/mol. The topological polar surface area (TPSA) is 73.3 Å². The second kappa shape index (κ2) is 10.1. The monoisotopic (exact) mass is 388 g/mol. The van der Waals surface area contributed by atoms with E-state index in [1.54, 1.807) is 4.90 Å². The van der Waals surface area contributed by atoms with Crippen molar-refractivity contribution in [2.24, 2.45) is 4.99 Å². The SMILES string of the molecule is CCNC(=NCc1ccc(N2CCCC2)nc1)N1CCN(C(=O)OCC)CC1. The maximum Gasteiger partial charge on any atom is 0.409 e. The lowest BCUT2D eigenvalue weighted by atomic mass is 10.3. The molecule has 8 heteroatoms. The fraction of sp³-hybridized carbons (Fsp3) is 0.650. The Labute approximate surface area is 167 Å². The molecule has 0 aromatic carbocycles. The van der Waals surface area contributed by atoms with Crippen LogP contribution in [0, 0.1) is 0 Å². The zero-order chi connectivity index (χ0) is 19.8. The second-order valence-corrected chi connectivity index (χ2v) is 7.06. The van der Waals surface area contributed by atoms with Crippen molar-refractivity contribution in [3.63, 3.8) is 0 Å². The normalized spacial score (nSPS) is 17.8. The van der Waals surface area contributed by atoms with Crippen molar-refractivity contribution >= 4 is 17.9 Å². The van der Waals surface area contributed by atoms with Gasteiger partial charge in [0.05, 0.1) is 13.2 Å². The van der Waals surface area contributed by atoms with Crippen LogP contribution in [-0.2, 0) is 11.3 Å². The van der Waals surface area contributed by atoms with E-state index in [0.29, 0.717) is 26.2 Å². The standard InChI is InChI=1S/C20H32N6O2/c1-3-21-19(25-11-13-26(14-12-25)20(27)28-4-2)23-16-17-7-8-18(22-15-17)24-9-5-6-10-24/h7-8,15H,3-6,9-14,16H2,1-2H3,(H,21,23). The van der Waals surface area contributed by atoms with Gasteiger partial charge in [-0.15, -0.1) is 0 Å². The molecule has 0 unspecified atom stereocenters. The summed E-state index contributed by atoms with van der Waals surface area (Å²) >= 11 is 0. The number of hydrogen-bond acceptors (Lipinski definition) is 5. The van der Waals surface area contributed by atoms with E-state index in [-0.39, 0.29) is 6.09 Å². The number of anilines is 1. The van der Waals surface area contributed by atoms with Gasteiger partial charge in [-0.2, -0.15) is 0 Å². The molecule has 2 aliphatic rings. The van der Waals surface area contributed by atoms with Crippen LogP contribution in [0.5, 0.6) is 0 Å². The highest BCUT2D eigenvalue weighted by atomic mass is 16.6. The third-order valence-electron chi connectivity index (χ3n) is 5.09. The zero-order valence-corrected chi connectivity index (χ0v) is 17.1. The third-order valence-corrected chi connectivity index (χ3v) is 5.09. The molecule has 0 spiro atoms. The van der Waals surface area contributed by atoms with Crippen LogP contribution in [0.2, 0.25) is 0 Å². The maximum absolute atomic E-state index is 11.9. The predicted molar refractivity (Wildman–Crippen MR) is 111 cm³/mol. The number of rotatable bonds is 5. The number of aliphatic imine (C=N–C) groups is 1. The Morgan fingerprint density at radius 3 is 2.43 bits per heavy atom. The van der Waals surface area contributed by atoms with Gasteiger partial charge in [0, 0.05) is 52.0 Å². The largest absolute Gasteiger partial charge is 0.450 e. The minimum atomic E-state index is -0.228. The summed E-state index contributed by atoms with van der Waals surface area (Å²) in [5.41, 5.74) is 1.10. The average molecular weight is 389 g/mol. The summed E-state index contributed by atoms with van der Waals surface area (Å²) in [5.74, 6) is 1.95. The third kappa shape index (κ3) is 5.27. The summed E-state index contributed by atoms with van der Waals surface area (Å²) in [7, 11) is 0. The van der Waals surface area contributed by atoms with E-state index in [4.69, 9.17) is 9.73 Å². The number of nitrogens with one attached hydrogen (secondary N) is 1. The zero-order valence-electron chi connectivity index (χ0n) is 17.1. The molecule has 0 saturated carbocycles. The molecule has 3 heterocycles. The minimum Gasteiger partial charge on any atom is -0.450 e. The average Bonchev–Trinajstić information content (AvgIpc) is 3.27. The van der Waals surface area contributed by atoms with Gasteiger partial charge in [0.15, 0.2) is 5.96 Å². The molecule has 1 N–H and O–H groups in total. The maximum atomic E-state index is 11.9. The fourth-order valence-electron chi connectivity index (χ4n) is 3.55. The highest BCUT2D eigenvalue weighted by Gasteiger charge is 2.23. The van der Waals surface area contributed by atoms with E-state index in [0.717, 1.165) is 50.1 Å². The first-order valence-electron chi connectivity index (χ1n) is 10.4. The van der Waals surface area contributed by atoms with Gasteiger partial charge in [-0.05, 0) is 38.3 Å². The Hall–Kier alpha value is -2.51. The van der Waals surface area contributed by atoms with Gasteiger partial charge in [0.25, 0.3) is 0 Å². The summed E-state index contributed by atoms with van der Waals surface area (Å²) in [5, 5.41) is 3.36. The van der Waals surface area contributed by atoms with E-state index in [2.05, 4.69) is 39.2 Å². The summed E-state index contributed by atoms with van der Waals surface area (Å²) < 4.78 is 5.09. The molecule has 0 radical (unpaired) electrons. The Morgan fingerprint density at radius 2 is 1.82 bits per heavy atom. The van der Waals surface area contributed by atoms with Crippen molar-refractivity contribution < 1.29 is 9.53 Å². The molecule has 28 heavy (non-hydrogen) atoms. The van der Waals surface area contributed by atoms with Crippen LogP contribution in [0.25, 0.3) is 0 Å². The van der Waals surface area contributed by atoms with E-state index in [9.17, 15) is 4.79 Å². The molecule has 1 aromatic heterocycles. The lowest BCUT2D eigenvalue weighted by Crippen LogP contribution is -2.53. The van der Waals surface area contributed by atoms with Crippen LogP contribution in [0.4, 0.5) is 10.6 Å².